The van der Waals surface area contributed by atoms with E-state index in [4.69, 9.17) is 9.47 Å². The van der Waals surface area contributed by atoms with E-state index in [1.54, 1.807) is 0 Å². The summed E-state index contributed by atoms with van der Waals surface area (Å²) in [6.45, 7) is 1.96. The molecule has 0 radical (unpaired) electrons. The first-order valence-electron chi connectivity index (χ1n) is 5.38. The molecule has 0 aromatic heterocycles. The van der Waals surface area contributed by atoms with Crippen LogP contribution < -0.4 is 9.47 Å². The highest BCUT2D eigenvalue weighted by Crippen LogP contribution is 2.39. The Balaban J connectivity index is 2.45. The van der Waals surface area contributed by atoms with Crippen LogP contribution in [0.3, 0.4) is 0 Å². The van der Waals surface area contributed by atoms with Crippen molar-refractivity contribution >= 4 is 5.69 Å². The zero-order valence-electron chi connectivity index (χ0n) is 9.90. The first kappa shape index (κ1) is 12.9. The van der Waals surface area contributed by atoms with Gasteiger partial charge >= 0.3 is 0 Å². The molecule has 0 bridgehead atoms. The van der Waals surface area contributed by atoms with E-state index in [2.05, 4.69) is 4.84 Å². The van der Waals surface area contributed by atoms with Crippen LogP contribution in [0, 0.1) is 20.2 Å². The largest absolute Gasteiger partial charge is 0.486 e. The Morgan fingerprint density at radius 1 is 1.21 bits per heavy atom. The molecule has 1 aliphatic heterocycles. The highest BCUT2D eigenvalue weighted by Gasteiger charge is 2.26. The first-order valence-corrected chi connectivity index (χ1v) is 5.38. The van der Waals surface area contributed by atoms with Crippen LogP contribution in [-0.4, -0.2) is 23.2 Å². The molecule has 9 heteroatoms. The number of rotatable bonds is 4. The van der Waals surface area contributed by atoms with Crippen LogP contribution in [0.15, 0.2) is 12.1 Å². The Morgan fingerprint density at radius 3 is 2.32 bits per heavy atom. The Kier molecular flexibility index (Phi) is 3.36. The van der Waals surface area contributed by atoms with Crippen molar-refractivity contribution in [2.24, 2.45) is 0 Å². The van der Waals surface area contributed by atoms with Gasteiger partial charge in [-0.25, -0.2) is 0 Å². The first-order chi connectivity index (χ1) is 8.99. The van der Waals surface area contributed by atoms with Crippen molar-refractivity contribution in [3.63, 3.8) is 0 Å². The van der Waals surface area contributed by atoms with Crippen LogP contribution in [-0.2, 0) is 4.84 Å². The third-order valence-electron chi connectivity index (χ3n) is 2.57. The minimum atomic E-state index is -1.08. The average molecular weight is 270 g/mol. The quantitative estimate of drug-likeness (QED) is 0.603. The van der Waals surface area contributed by atoms with Gasteiger partial charge in [-0.05, 0) is 13.0 Å². The number of benzene rings is 1. The summed E-state index contributed by atoms with van der Waals surface area (Å²) in [7, 11) is 0. The fourth-order valence-electron chi connectivity index (χ4n) is 1.76. The van der Waals surface area contributed by atoms with E-state index in [1.807, 2.05) is 0 Å². The van der Waals surface area contributed by atoms with Crippen molar-refractivity contribution in [2.45, 2.75) is 13.0 Å². The van der Waals surface area contributed by atoms with Gasteiger partial charge in [-0.3, -0.25) is 10.1 Å². The van der Waals surface area contributed by atoms with Gasteiger partial charge in [-0.1, -0.05) is 0 Å². The van der Waals surface area contributed by atoms with Crippen LogP contribution >= 0.6 is 0 Å². The van der Waals surface area contributed by atoms with Crippen molar-refractivity contribution in [3.8, 4) is 11.5 Å². The zero-order valence-corrected chi connectivity index (χ0v) is 9.90. The van der Waals surface area contributed by atoms with Crippen LogP contribution in [0.2, 0.25) is 0 Å². The standard InChI is InChI=1S/C10H10N2O7/c1-6(19-12(15)16)7-4-9-10(18-3-2-17-9)5-8(7)11(13)14/h4-6H,2-3H2,1H3/t6-/m1/s1. The van der Waals surface area contributed by atoms with Crippen molar-refractivity contribution in [1.29, 1.82) is 0 Å². The maximum atomic E-state index is 11.0. The fourth-order valence-corrected chi connectivity index (χ4v) is 1.76. The molecule has 1 aromatic rings. The summed E-state index contributed by atoms with van der Waals surface area (Å²) >= 11 is 0. The van der Waals surface area contributed by atoms with Gasteiger partial charge in [0.1, 0.15) is 19.3 Å². The van der Waals surface area contributed by atoms with E-state index in [1.165, 1.54) is 19.1 Å². The lowest BCUT2D eigenvalue weighted by atomic mass is 10.1. The number of nitrogens with zero attached hydrogens (tertiary/aromatic N) is 2. The zero-order chi connectivity index (χ0) is 14.0. The summed E-state index contributed by atoms with van der Waals surface area (Å²) in [4.78, 5) is 25.0. The molecular formula is C10H10N2O7. The van der Waals surface area contributed by atoms with E-state index >= 15 is 0 Å². The molecule has 1 atom stereocenters. The molecule has 0 spiro atoms. The molecular weight excluding hydrogens is 260 g/mol. The number of nitro benzene ring substituents is 1. The van der Waals surface area contributed by atoms with Crippen LogP contribution in [0.5, 0.6) is 11.5 Å². The van der Waals surface area contributed by atoms with E-state index < -0.39 is 16.1 Å². The second kappa shape index (κ2) is 4.96. The van der Waals surface area contributed by atoms with Crippen molar-refractivity contribution < 1.29 is 24.3 Å². The van der Waals surface area contributed by atoms with Gasteiger partial charge < -0.3 is 14.3 Å². The topological polar surface area (TPSA) is 114 Å². The summed E-state index contributed by atoms with van der Waals surface area (Å²) in [6.07, 6.45) is -1.08. The molecule has 0 unspecified atom stereocenters. The van der Waals surface area contributed by atoms with Crippen molar-refractivity contribution in [1.82, 2.24) is 0 Å². The molecule has 19 heavy (non-hydrogen) atoms. The second-order valence-electron chi connectivity index (χ2n) is 3.78. The lowest BCUT2D eigenvalue weighted by Crippen LogP contribution is -2.17. The molecule has 1 aromatic carbocycles. The predicted octanol–water partition coefficient (Wildman–Crippen LogP) is 1.64. The van der Waals surface area contributed by atoms with Crippen molar-refractivity contribution in [3.05, 3.63) is 37.9 Å². The third-order valence-corrected chi connectivity index (χ3v) is 2.57. The molecule has 0 amide bonds. The predicted molar refractivity (Wildman–Crippen MR) is 60.6 cm³/mol. The van der Waals surface area contributed by atoms with Crippen LogP contribution in [0.4, 0.5) is 5.69 Å². The lowest BCUT2D eigenvalue weighted by Gasteiger charge is -2.20. The lowest BCUT2D eigenvalue weighted by molar-refractivity contribution is -0.770. The molecule has 102 valence electrons. The number of hydrogen-bond acceptors (Lipinski definition) is 7. The summed E-state index contributed by atoms with van der Waals surface area (Å²) in [5.74, 6) is 0.556. The Bertz CT molecular complexity index is 531. The summed E-state index contributed by atoms with van der Waals surface area (Å²) < 4.78 is 10.5. The minimum absolute atomic E-state index is 0.0611. The van der Waals surface area contributed by atoms with Gasteiger partial charge in [-0.15, -0.1) is 10.1 Å². The highest BCUT2D eigenvalue weighted by atomic mass is 17.0. The van der Waals surface area contributed by atoms with E-state index in [-0.39, 0.29) is 17.0 Å². The maximum absolute atomic E-state index is 11.0. The highest BCUT2D eigenvalue weighted by molar-refractivity contribution is 5.55. The molecule has 0 saturated carbocycles. The average Bonchev–Trinajstić information content (AvgIpc) is 2.36. The molecule has 0 aliphatic carbocycles. The van der Waals surface area contributed by atoms with Crippen LogP contribution in [0.1, 0.15) is 18.6 Å². The SMILES string of the molecule is C[C@@H](O[N+](=O)[O-])c1cc2c(cc1[N+](=O)[O-])OCCO2. The fraction of sp³-hybridized carbons (Fsp3) is 0.400. The molecule has 1 heterocycles. The van der Waals surface area contributed by atoms with Gasteiger partial charge in [0.25, 0.3) is 10.8 Å². The summed E-state index contributed by atoms with van der Waals surface area (Å²) in [6, 6.07) is 2.52. The number of fused-ring (bicyclic) bond motifs is 1. The number of hydrogen-bond donors (Lipinski definition) is 0. The number of nitro groups is 1. The molecule has 0 fully saturated rings. The van der Waals surface area contributed by atoms with Gasteiger partial charge in [0.05, 0.1) is 16.6 Å². The van der Waals surface area contributed by atoms with Crippen LogP contribution in [0.25, 0.3) is 0 Å². The third kappa shape index (κ3) is 2.64. The van der Waals surface area contributed by atoms with E-state index in [9.17, 15) is 20.2 Å². The smallest absolute Gasteiger partial charge is 0.295 e. The molecule has 2 rings (SSSR count). The van der Waals surface area contributed by atoms with E-state index in [0.717, 1.165) is 0 Å². The van der Waals surface area contributed by atoms with Gasteiger partial charge in [0.15, 0.2) is 11.5 Å². The summed E-state index contributed by atoms with van der Waals surface area (Å²) in [5.41, 5.74) is -0.246. The van der Waals surface area contributed by atoms with Gasteiger partial charge in [0.2, 0.25) is 0 Å². The monoisotopic (exact) mass is 270 g/mol. The minimum Gasteiger partial charge on any atom is -0.486 e. The Hall–Kier alpha value is -2.58. The van der Waals surface area contributed by atoms with Gasteiger partial charge in [-0.2, -0.15) is 0 Å². The molecule has 1 aliphatic rings. The maximum Gasteiger partial charge on any atom is 0.295 e. The van der Waals surface area contributed by atoms with E-state index in [0.29, 0.717) is 19.0 Å². The Morgan fingerprint density at radius 2 is 1.79 bits per heavy atom. The normalized spacial score (nSPS) is 14.6. The van der Waals surface area contributed by atoms with Crippen molar-refractivity contribution in [2.75, 3.05) is 13.2 Å². The second-order valence-corrected chi connectivity index (χ2v) is 3.78. The molecule has 9 nitrogen and oxygen atoms in total. The molecule has 0 saturated heterocycles. The Labute approximate surface area is 106 Å². The summed E-state index contributed by atoms with van der Waals surface area (Å²) in [5, 5.41) is 20.3. The number of ether oxygens (including phenoxy) is 2. The van der Waals surface area contributed by atoms with Gasteiger partial charge in [0, 0.05) is 0 Å². The molecule has 0 N–H and O–H groups in total.